The maximum Gasteiger partial charge on any atom is 0.416 e. The normalized spacial score (nSPS) is 12.0. The molecule has 29 heavy (non-hydrogen) atoms. The van der Waals surface area contributed by atoms with Gasteiger partial charge >= 0.3 is 6.18 Å². The van der Waals surface area contributed by atoms with Gasteiger partial charge in [0.05, 0.1) is 23.6 Å². The summed E-state index contributed by atoms with van der Waals surface area (Å²) in [6, 6.07) is 10.6. The van der Waals surface area contributed by atoms with Crippen LogP contribution in [-0.2, 0) is 22.7 Å². The van der Waals surface area contributed by atoms with Gasteiger partial charge < -0.3 is 4.74 Å². The highest BCUT2D eigenvalue weighted by molar-refractivity contribution is 7.92. The Hall–Kier alpha value is -3.08. The summed E-state index contributed by atoms with van der Waals surface area (Å²) in [7, 11) is -3.92. The van der Waals surface area contributed by atoms with Crippen LogP contribution >= 0.6 is 0 Å². The molecular weight excluding hydrogens is 409 g/mol. The van der Waals surface area contributed by atoms with Gasteiger partial charge in [0.25, 0.3) is 16.0 Å². The van der Waals surface area contributed by atoms with Gasteiger partial charge in [0, 0.05) is 0 Å². The van der Waals surface area contributed by atoms with Crippen molar-refractivity contribution in [2.45, 2.75) is 24.5 Å². The smallest absolute Gasteiger partial charge is 0.416 e. The van der Waals surface area contributed by atoms with Crippen molar-refractivity contribution >= 4 is 16.0 Å². The third-order valence-electron chi connectivity index (χ3n) is 3.81. The Morgan fingerprint density at radius 1 is 1.14 bits per heavy atom. The van der Waals surface area contributed by atoms with E-state index < -0.39 is 21.8 Å². The molecule has 3 aromatic rings. The van der Waals surface area contributed by atoms with Crippen LogP contribution in [0.3, 0.4) is 0 Å². The van der Waals surface area contributed by atoms with Gasteiger partial charge in [-0.2, -0.15) is 18.2 Å². The number of benzene rings is 2. The van der Waals surface area contributed by atoms with Crippen LogP contribution < -0.4 is 9.46 Å². The third kappa shape index (κ3) is 5.25. The lowest BCUT2D eigenvalue weighted by Gasteiger charge is -2.08. The largest absolute Gasteiger partial charge is 0.494 e. The lowest BCUT2D eigenvalue weighted by atomic mass is 10.1. The molecule has 0 saturated carbocycles. The Morgan fingerprint density at radius 2 is 1.86 bits per heavy atom. The summed E-state index contributed by atoms with van der Waals surface area (Å²) < 4.78 is 72.0. The fraction of sp³-hybridized carbons (Fsp3) is 0.222. The Morgan fingerprint density at radius 3 is 2.52 bits per heavy atom. The SMILES string of the molecule is CCOc1ccc(S(=O)(=O)Nc2ncn(Cc3cccc(C(F)(F)F)c3)n2)cc1. The molecule has 0 amide bonds. The molecule has 3 rings (SSSR count). The molecule has 0 atom stereocenters. The zero-order valence-electron chi connectivity index (χ0n) is 15.2. The maximum absolute atomic E-state index is 12.8. The first-order valence-corrected chi connectivity index (χ1v) is 9.97. The van der Waals surface area contributed by atoms with Gasteiger partial charge in [-0.3, -0.25) is 0 Å². The van der Waals surface area contributed by atoms with Crippen LogP contribution in [0.4, 0.5) is 19.1 Å². The van der Waals surface area contributed by atoms with Crippen molar-refractivity contribution in [1.29, 1.82) is 0 Å². The summed E-state index contributed by atoms with van der Waals surface area (Å²) in [6.45, 7) is 2.27. The minimum absolute atomic E-state index is 0.00169. The van der Waals surface area contributed by atoms with E-state index in [1.807, 2.05) is 6.92 Å². The van der Waals surface area contributed by atoms with E-state index in [0.717, 1.165) is 12.1 Å². The van der Waals surface area contributed by atoms with Gasteiger partial charge in [0.1, 0.15) is 12.1 Å². The molecule has 0 spiro atoms. The standard InChI is InChI=1S/C18H17F3N4O3S/c1-2-28-15-6-8-16(9-7-15)29(26,27)24-17-22-12-25(23-17)11-13-4-3-5-14(10-13)18(19,20)21/h3-10,12H,2,11H2,1H3,(H,23,24). The first-order valence-electron chi connectivity index (χ1n) is 8.48. The second-order valence-corrected chi connectivity index (χ2v) is 7.66. The number of aromatic nitrogens is 3. The van der Waals surface area contributed by atoms with E-state index in [9.17, 15) is 21.6 Å². The topological polar surface area (TPSA) is 86.1 Å². The number of alkyl halides is 3. The van der Waals surface area contributed by atoms with Crippen molar-refractivity contribution in [3.8, 4) is 5.75 Å². The van der Waals surface area contributed by atoms with Crippen LogP contribution in [0.2, 0.25) is 0 Å². The van der Waals surface area contributed by atoms with E-state index >= 15 is 0 Å². The predicted molar refractivity (Wildman–Crippen MR) is 99.0 cm³/mol. The molecule has 0 aliphatic carbocycles. The van der Waals surface area contributed by atoms with E-state index in [4.69, 9.17) is 4.74 Å². The Bertz CT molecular complexity index is 1080. The van der Waals surface area contributed by atoms with Gasteiger partial charge in [-0.15, -0.1) is 5.10 Å². The van der Waals surface area contributed by atoms with Crippen LogP contribution in [0.5, 0.6) is 5.75 Å². The van der Waals surface area contributed by atoms with E-state index in [1.165, 1.54) is 47.4 Å². The van der Waals surface area contributed by atoms with Gasteiger partial charge in [0.15, 0.2) is 0 Å². The number of hydrogen-bond acceptors (Lipinski definition) is 5. The van der Waals surface area contributed by atoms with Crippen molar-refractivity contribution in [1.82, 2.24) is 14.8 Å². The number of nitrogens with one attached hydrogen (secondary N) is 1. The summed E-state index contributed by atoms with van der Waals surface area (Å²) in [5, 5.41) is 3.96. The summed E-state index contributed by atoms with van der Waals surface area (Å²) in [6.07, 6.45) is -3.22. The van der Waals surface area contributed by atoms with Crippen LogP contribution in [0.25, 0.3) is 0 Å². The second kappa shape index (κ2) is 8.11. The quantitative estimate of drug-likeness (QED) is 0.625. The van der Waals surface area contributed by atoms with Crippen molar-refractivity contribution in [3.05, 3.63) is 66.0 Å². The molecule has 7 nitrogen and oxygen atoms in total. The first-order chi connectivity index (χ1) is 13.7. The van der Waals surface area contributed by atoms with Crippen molar-refractivity contribution in [2.24, 2.45) is 0 Å². The molecule has 0 unspecified atom stereocenters. The Kier molecular flexibility index (Phi) is 5.78. The molecular formula is C18H17F3N4O3S. The Labute approximate surface area is 165 Å². The summed E-state index contributed by atoms with van der Waals surface area (Å²) in [4.78, 5) is 3.85. The molecule has 1 heterocycles. The number of nitrogens with zero attached hydrogens (tertiary/aromatic N) is 3. The molecule has 0 aliphatic heterocycles. The summed E-state index contributed by atoms with van der Waals surface area (Å²) >= 11 is 0. The Balaban J connectivity index is 1.71. The first kappa shape index (κ1) is 20.6. The fourth-order valence-electron chi connectivity index (χ4n) is 2.51. The summed E-state index contributed by atoms with van der Waals surface area (Å²) in [5.41, 5.74) is -0.419. The maximum atomic E-state index is 12.8. The lowest BCUT2D eigenvalue weighted by molar-refractivity contribution is -0.137. The van der Waals surface area contributed by atoms with Gasteiger partial charge in [-0.25, -0.2) is 17.8 Å². The second-order valence-electron chi connectivity index (χ2n) is 5.97. The van der Waals surface area contributed by atoms with Crippen molar-refractivity contribution in [2.75, 3.05) is 11.3 Å². The molecule has 0 radical (unpaired) electrons. The third-order valence-corrected chi connectivity index (χ3v) is 5.15. The molecule has 0 saturated heterocycles. The van der Waals surface area contributed by atoms with E-state index in [2.05, 4.69) is 14.8 Å². The van der Waals surface area contributed by atoms with Crippen LogP contribution in [-0.4, -0.2) is 29.8 Å². The van der Waals surface area contributed by atoms with Crippen LogP contribution in [0.15, 0.2) is 59.8 Å². The lowest BCUT2D eigenvalue weighted by Crippen LogP contribution is -2.14. The monoisotopic (exact) mass is 426 g/mol. The van der Waals surface area contributed by atoms with Crippen molar-refractivity contribution in [3.63, 3.8) is 0 Å². The number of halogens is 3. The van der Waals surface area contributed by atoms with Crippen LogP contribution in [0.1, 0.15) is 18.1 Å². The molecule has 1 aromatic heterocycles. The van der Waals surface area contributed by atoms with Gasteiger partial charge in [-0.1, -0.05) is 12.1 Å². The average Bonchev–Trinajstić information content (AvgIpc) is 3.08. The summed E-state index contributed by atoms with van der Waals surface area (Å²) in [5.74, 6) is 0.348. The molecule has 0 aliphatic rings. The number of anilines is 1. The number of ether oxygens (including phenoxy) is 1. The zero-order chi connectivity index (χ0) is 21.1. The van der Waals surface area contributed by atoms with E-state index in [0.29, 0.717) is 17.9 Å². The number of sulfonamides is 1. The molecule has 2 aromatic carbocycles. The molecule has 0 bridgehead atoms. The molecule has 11 heteroatoms. The fourth-order valence-corrected chi connectivity index (χ4v) is 3.46. The minimum atomic E-state index is -4.45. The zero-order valence-corrected chi connectivity index (χ0v) is 16.0. The molecule has 0 fully saturated rings. The van der Waals surface area contributed by atoms with E-state index in [-0.39, 0.29) is 17.4 Å². The molecule has 1 N–H and O–H groups in total. The molecule has 154 valence electrons. The number of rotatable bonds is 7. The van der Waals surface area contributed by atoms with Gasteiger partial charge in [0.2, 0.25) is 0 Å². The number of hydrogen-bond donors (Lipinski definition) is 1. The predicted octanol–water partition coefficient (Wildman–Crippen LogP) is 3.54. The average molecular weight is 426 g/mol. The van der Waals surface area contributed by atoms with Gasteiger partial charge in [-0.05, 0) is 48.9 Å². The highest BCUT2D eigenvalue weighted by Crippen LogP contribution is 2.29. The highest BCUT2D eigenvalue weighted by Gasteiger charge is 2.30. The highest BCUT2D eigenvalue weighted by atomic mass is 32.2. The van der Waals surface area contributed by atoms with Crippen LogP contribution in [0, 0.1) is 0 Å². The van der Waals surface area contributed by atoms with Crippen molar-refractivity contribution < 1.29 is 26.3 Å². The van der Waals surface area contributed by atoms with E-state index in [1.54, 1.807) is 0 Å². The minimum Gasteiger partial charge on any atom is -0.494 e.